The Kier molecular flexibility index (Phi) is 5.52. The molecule has 0 aliphatic carbocycles. The van der Waals surface area contributed by atoms with E-state index in [0.29, 0.717) is 19.4 Å². The van der Waals surface area contributed by atoms with Crippen LogP contribution in [0.5, 0.6) is 0 Å². The Bertz CT molecular complexity index is 259. The van der Waals surface area contributed by atoms with Gasteiger partial charge in [-0.25, -0.2) is 13.1 Å². The fraction of sp³-hybridized carbons (Fsp3) is 1.00. The number of aliphatic hydroxyl groups excluding tert-OH is 1. The molecule has 1 atom stereocenters. The Labute approximate surface area is 90.9 Å². The zero-order valence-electron chi connectivity index (χ0n) is 8.81. The van der Waals surface area contributed by atoms with E-state index in [1.165, 1.54) is 0 Å². The molecule has 1 aliphatic heterocycles. The molecule has 1 saturated heterocycles. The number of nitrogens with one attached hydrogen (secondary N) is 1. The first-order valence-corrected chi connectivity index (χ1v) is 6.99. The van der Waals surface area contributed by atoms with Crippen LogP contribution in [0.3, 0.4) is 0 Å². The van der Waals surface area contributed by atoms with E-state index in [-0.39, 0.29) is 18.5 Å². The van der Waals surface area contributed by atoms with E-state index in [2.05, 4.69) is 4.72 Å². The second kappa shape index (κ2) is 6.42. The molecule has 1 unspecified atom stereocenters. The Hall–Kier alpha value is -0.170. The zero-order chi connectivity index (χ0) is 11.1. The largest absolute Gasteiger partial charge is 0.396 e. The molecule has 1 heterocycles. The fourth-order valence-electron chi connectivity index (χ4n) is 1.50. The molecular weight excluding hydrogens is 218 g/mol. The lowest BCUT2D eigenvalue weighted by Gasteiger charge is -2.10. The lowest BCUT2D eigenvalue weighted by molar-refractivity contribution is 0.114. The number of unbranched alkanes of at least 4 members (excludes halogenated alkanes) is 1. The Balaban J connectivity index is 2.17. The third-order valence-electron chi connectivity index (χ3n) is 2.38. The molecule has 0 aromatic rings. The van der Waals surface area contributed by atoms with Gasteiger partial charge in [0.15, 0.2) is 0 Å². The number of sulfonamides is 1. The van der Waals surface area contributed by atoms with Gasteiger partial charge in [0.05, 0.1) is 11.9 Å². The molecule has 0 amide bonds. The molecular formula is C9H19NO4S. The summed E-state index contributed by atoms with van der Waals surface area (Å²) >= 11 is 0. The maximum absolute atomic E-state index is 11.4. The molecule has 1 rings (SSSR count). The standard InChI is InChI=1S/C9H19NO4S/c11-5-1-2-7-15(12,13)10-8-9-4-3-6-14-9/h9-11H,1-8H2. The Morgan fingerprint density at radius 3 is 2.80 bits per heavy atom. The maximum atomic E-state index is 11.4. The number of hydrogen-bond acceptors (Lipinski definition) is 4. The third kappa shape index (κ3) is 5.46. The van der Waals surface area contributed by atoms with Crippen LogP contribution in [0.25, 0.3) is 0 Å². The predicted octanol–water partition coefficient (Wildman–Crippen LogP) is -0.143. The summed E-state index contributed by atoms with van der Waals surface area (Å²) in [6.45, 7) is 1.15. The molecule has 0 aromatic heterocycles. The SMILES string of the molecule is O=S(=O)(CCCCO)NCC1CCCO1. The topological polar surface area (TPSA) is 75.6 Å². The molecule has 1 fully saturated rings. The minimum Gasteiger partial charge on any atom is -0.396 e. The first-order valence-electron chi connectivity index (χ1n) is 5.34. The second-order valence-corrected chi connectivity index (χ2v) is 5.66. The first kappa shape index (κ1) is 12.9. The van der Waals surface area contributed by atoms with E-state index in [4.69, 9.17) is 9.84 Å². The van der Waals surface area contributed by atoms with Crippen LogP contribution in [0.2, 0.25) is 0 Å². The van der Waals surface area contributed by atoms with Crippen LogP contribution in [0.1, 0.15) is 25.7 Å². The third-order valence-corrected chi connectivity index (χ3v) is 3.81. The quantitative estimate of drug-likeness (QED) is 0.604. The van der Waals surface area contributed by atoms with Gasteiger partial charge in [-0.2, -0.15) is 0 Å². The number of aliphatic hydroxyl groups is 1. The highest BCUT2D eigenvalue weighted by molar-refractivity contribution is 7.89. The highest BCUT2D eigenvalue weighted by atomic mass is 32.2. The Morgan fingerprint density at radius 1 is 1.40 bits per heavy atom. The van der Waals surface area contributed by atoms with E-state index in [1.54, 1.807) is 0 Å². The van der Waals surface area contributed by atoms with Gasteiger partial charge in [0, 0.05) is 19.8 Å². The molecule has 6 heteroatoms. The molecule has 1 aliphatic rings. The van der Waals surface area contributed by atoms with Gasteiger partial charge in [-0.15, -0.1) is 0 Å². The van der Waals surface area contributed by atoms with Crippen LogP contribution < -0.4 is 4.72 Å². The lowest BCUT2D eigenvalue weighted by atomic mass is 10.2. The summed E-state index contributed by atoms with van der Waals surface area (Å²) in [5.74, 6) is 0.0836. The van der Waals surface area contributed by atoms with E-state index in [0.717, 1.165) is 19.4 Å². The van der Waals surface area contributed by atoms with Gasteiger partial charge < -0.3 is 9.84 Å². The van der Waals surface area contributed by atoms with Gasteiger partial charge in [-0.1, -0.05) is 0 Å². The van der Waals surface area contributed by atoms with Crippen LogP contribution in [0.4, 0.5) is 0 Å². The maximum Gasteiger partial charge on any atom is 0.211 e. The van der Waals surface area contributed by atoms with Crippen molar-refractivity contribution in [2.24, 2.45) is 0 Å². The molecule has 15 heavy (non-hydrogen) atoms. The zero-order valence-corrected chi connectivity index (χ0v) is 9.63. The van der Waals surface area contributed by atoms with Crippen LogP contribution in [0.15, 0.2) is 0 Å². The second-order valence-electron chi connectivity index (χ2n) is 3.73. The van der Waals surface area contributed by atoms with E-state index in [1.807, 2.05) is 0 Å². The van der Waals surface area contributed by atoms with Crippen molar-refractivity contribution in [3.8, 4) is 0 Å². The van der Waals surface area contributed by atoms with Gasteiger partial charge in [-0.3, -0.25) is 0 Å². The van der Waals surface area contributed by atoms with Crippen molar-refractivity contribution in [3.05, 3.63) is 0 Å². The van der Waals surface area contributed by atoms with Gasteiger partial charge in [0.1, 0.15) is 0 Å². The fourth-order valence-corrected chi connectivity index (χ4v) is 2.67. The monoisotopic (exact) mass is 237 g/mol. The minimum absolute atomic E-state index is 0.0395. The summed E-state index contributed by atoms with van der Waals surface area (Å²) in [5, 5.41) is 8.53. The van der Waals surface area contributed by atoms with E-state index in [9.17, 15) is 8.42 Å². The molecule has 90 valence electrons. The average Bonchev–Trinajstić information content (AvgIpc) is 2.68. The van der Waals surface area contributed by atoms with Crippen molar-refractivity contribution < 1.29 is 18.3 Å². The lowest BCUT2D eigenvalue weighted by Crippen LogP contribution is -2.33. The number of rotatable bonds is 7. The summed E-state index contributed by atoms with van der Waals surface area (Å²) in [7, 11) is -3.18. The molecule has 0 aromatic carbocycles. The van der Waals surface area contributed by atoms with Gasteiger partial charge in [-0.05, 0) is 25.7 Å². The van der Waals surface area contributed by atoms with Crippen molar-refractivity contribution in [3.63, 3.8) is 0 Å². The van der Waals surface area contributed by atoms with Crippen molar-refractivity contribution in [1.82, 2.24) is 4.72 Å². The molecule has 0 saturated carbocycles. The molecule has 0 bridgehead atoms. The van der Waals surface area contributed by atoms with Gasteiger partial charge in [0.25, 0.3) is 0 Å². The van der Waals surface area contributed by atoms with Crippen LogP contribution in [0, 0.1) is 0 Å². The van der Waals surface area contributed by atoms with Crippen molar-refractivity contribution in [2.45, 2.75) is 31.8 Å². The average molecular weight is 237 g/mol. The summed E-state index contributed by atoms with van der Waals surface area (Å²) in [6, 6.07) is 0. The van der Waals surface area contributed by atoms with E-state index >= 15 is 0 Å². The van der Waals surface area contributed by atoms with Gasteiger partial charge in [0.2, 0.25) is 10.0 Å². The van der Waals surface area contributed by atoms with Crippen LogP contribution in [-0.2, 0) is 14.8 Å². The van der Waals surface area contributed by atoms with Crippen LogP contribution >= 0.6 is 0 Å². The highest BCUT2D eigenvalue weighted by Crippen LogP contribution is 2.10. The highest BCUT2D eigenvalue weighted by Gasteiger charge is 2.18. The smallest absolute Gasteiger partial charge is 0.211 e. The molecule has 0 spiro atoms. The molecule has 0 radical (unpaired) electrons. The van der Waals surface area contributed by atoms with Crippen molar-refractivity contribution in [2.75, 3.05) is 25.5 Å². The molecule has 5 nitrogen and oxygen atoms in total. The summed E-state index contributed by atoms with van der Waals surface area (Å²) in [5.41, 5.74) is 0. The number of hydrogen-bond donors (Lipinski definition) is 2. The summed E-state index contributed by atoms with van der Waals surface area (Å²) in [6.07, 6.45) is 3.01. The minimum atomic E-state index is -3.18. The van der Waals surface area contributed by atoms with Crippen molar-refractivity contribution in [1.29, 1.82) is 0 Å². The van der Waals surface area contributed by atoms with Gasteiger partial charge >= 0.3 is 0 Å². The first-order chi connectivity index (χ1) is 7.14. The number of ether oxygens (including phenoxy) is 1. The summed E-state index contributed by atoms with van der Waals surface area (Å²) < 4.78 is 30.7. The normalized spacial score (nSPS) is 22.1. The summed E-state index contributed by atoms with van der Waals surface area (Å²) in [4.78, 5) is 0. The predicted molar refractivity (Wildman–Crippen MR) is 57.1 cm³/mol. The molecule has 2 N–H and O–H groups in total. The van der Waals surface area contributed by atoms with E-state index < -0.39 is 10.0 Å². The Morgan fingerprint density at radius 2 is 2.20 bits per heavy atom. The van der Waals surface area contributed by atoms with Crippen molar-refractivity contribution >= 4 is 10.0 Å². The van der Waals surface area contributed by atoms with Crippen LogP contribution in [-0.4, -0.2) is 45.1 Å².